The van der Waals surface area contributed by atoms with Crippen molar-refractivity contribution in [3.8, 4) is 0 Å². The topological polar surface area (TPSA) is 80.1 Å². The van der Waals surface area contributed by atoms with Crippen LogP contribution in [0.5, 0.6) is 0 Å². The summed E-state index contributed by atoms with van der Waals surface area (Å²) in [5.41, 5.74) is 0.337. The van der Waals surface area contributed by atoms with Gasteiger partial charge in [0, 0.05) is 6.42 Å². The van der Waals surface area contributed by atoms with Crippen LogP contribution in [0.1, 0.15) is 12.0 Å². The van der Waals surface area contributed by atoms with Crippen molar-refractivity contribution in [2.75, 3.05) is 0 Å². The van der Waals surface area contributed by atoms with Crippen LogP contribution < -0.4 is 11.4 Å². The van der Waals surface area contributed by atoms with E-state index >= 15 is 0 Å². The number of hydrogen-bond donors (Lipinski definition) is 1. The number of aldehydes is 1. The number of hydrogen-bond acceptors (Lipinski definition) is 4. The Morgan fingerprint density at radius 3 is 2.88 bits per heavy atom. The first kappa shape index (κ1) is 11.1. The van der Waals surface area contributed by atoms with Gasteiger partial charge < -0.3 is 9.21 Å². The van der Waals surface area contributed by atoms with Gasteiger partial charge in [-0.2, -0.15) is 0 Å². The van der Waals surface area contributed by atoms with E-state index in [1.165, 1.54) is 0 Å². The third-order valence-corrected chi connectivity index (χ3v) is 2.25. The fourth-order valence-corrected chi connectivity index (χ4v) is 1.56. The molecule has 0 fully saturated rings. The lowest BCUT2D eigenvalue weighted by molar-refractivity contribution is -0.107. The molecule has 5 heteroatoms. The average Bonchev–Trinajstić information content (AvgIpc) is 2.28. The summed E-state index contributed by atoms with van der Waals surface area (Å²) in [7, 11) is 0. The van der Waals surface area contributed by atoms with E-state index in [0.29, 0.717) is 16.5 Å². The Balaban J connectivity index is 2.69. The zero-order chi connectivity index (χ0) is 12.3. The minimum absolute atomic E-state index is 0.269. The molecule has 1 aromatic carbocycles. The van der Waals surface area contributed by atoms with Crippen molar-refractivity contribution in [1.82, 2.24) is 4.98 Å². The highest BCUT2D eigenvalue weighted by molar-refractivity contribution is 5.86. The fourth-order valence-electron chi connectivity index (χ4n) is 1.56. The SMILES string of the molecule is O=CCC=Cc1cccc2[nH]c(=O)oc(=O)c12. The number of nitrogens with one attached hydrogen (secondary N) is 1. The zero-order valence-corrected chi connectivity index (χ0v) is 8.80. The molecule has 0 atom stereocenters. The summed E-state index contributed by atoms with van der Waals surface area (Å²) in [5.74, 6) is -0.781. The van der Waals surface area contributed by atoms with E-state index in [9.17, 15) is 14.4 Å². The average molecular weight is 231 g/mol. The number of carbonyl (C=O) groups excluding carboxylic acids is 1. The molecule has 0 radical (unpaired) electrons. The summed E-state index contributed by atoms with van der Waals surface area (Å²) in [4.78, 5) is 35.2. The Labute approximate surface area is 95.4 Å². The second-order valence-electron chi connectivity index (χ2n) is 3.38. The van der Waals surface area contributed by atoms with Gasteiger partial charge in [0.25, 0.3) is 0 Å². The molecule has 1 aromatic heterocycles. The Morgan fingerprint density at radius 2 is 2.12 bits per heavy atom. The van der Waals surface area contributed by atoms with E-state index in [1.807, 2.05) is 0 Å². The number of benzene rings is 1. The highest BCUT2D eigenvalue weighted by Crippen LogP contribution is 2.13. The summed E-state index contributed by atoms with van der Waals surface area (Å²) < 4.78 is 4.47. The largest absolute Gasteiger partial charge is 0.419 e. The van der Waals surface area contributed by atoms with Crippen molar-refractivity contribution in [3.05, 3.63) is 50.8 Å². The van der Waals surface area contributed by atoms with Crippen molar-refractivity contribution in [2.24, 2.45) is 0 Å². The molecule has 0 saturated carbocycles. The van der Waals surface area contributed by atoms with Crippen molar-refractivity contribution in [1.29, 1.82) is 0 Å². The minimum atomic E-state index is -0.781. The van der Waals surface area contributed by atoms with Crippen LogP contribution in [0.3, 0.4) is 0 Å². The molecule has 1 heterocycles. The first-order chi connectivity index (χ1) is 8.22. The Bertz CT molecular complexity index is 693. The molecule has 0 saturated heterocycles. The molecular weight excluding hydrogens is 222 g/mol. The third kappa shape index (κ3) is 2.23. The molecule has 5 nitrogen and oxygen atoms in total. The summed E-state index contributed by atoms with van der Waals surface area (Å²) in [5, 5.41) is 0.300. The van der Waals surface area contributed by atoms with Gasteiger partial charge in [-0.05, 0) is 11.6 Å². The molecule has 2 rings (SSSR count). The van der Waals surface area contributed by atoms with Gasteiger partial charge in [-0.15, -0.1) is 0 Å². The second-order valence-corrected chi connectivity index (χ2v) is 3.38. The third-order valence-electron chi connectivity index (χ3n) is 2.25. The normalized spacial score (nSPS) is 11.1. The van der Waals surface area contributed by atoms with Crippen LogP contribution >= 0.6 is 0 Å². The lowest BCUT2D eigenvalue weighted by atomic mass is 10.1. The van der Waals surface area contributed by atoms with Crippen LogP contribution in [-0.4, -0.2) is 11.3 Å². The Kier molecular flexibility index (Phi) is 3.00. The molecule has 0 aliphatic rings. The maximum atomic E-state index is 11.6. The van der Waals surface area contributed by atoms with Crippen LogP contribution in [0.25, 0.3) is 17.0 Å². The van der Waals surface area contributed by atoms with E-state index in [1.54, 1.807) is 30.4 Å². The lowest BCUT2D eigenvalue weighted by Crippen LogP contribution is -2.15. The molecule has 17 heavy (non-hydrogen) atoms. The zero-order valence-electron chi connectivity index (χ0n) is 8.80. The number of H-pyrrole nitrogens is 1. The maximum Gasteiger partial charge on any atom is 0.419 e. The van der Waals surface area contributed by atoms with Gasteiger partial charge >= 0.3 is 11.4 Å². The van der Waals surface area contributed by atoms with E-state index in [0.717, 1.165) is 6.29 Å². The Hall–Kier alpha value is -2.43. The van der Waals surface area contributed by atoms with Crippen LogP contribution in [-0.2, 0) is 4.79 Å². The van der Waals surface area contributed by atoms with Crippen LogP contribution in [0.15, 0.2) is 38.3 Å². The molecule has 0 amide bonds. The first-order valence-electron chi connectivity index (χ1n) is 4.98. The monoisotopic (exact) mass is 231 g/mol. The lowest BCUT2D eigenvalue weighted by Gasteiger charge is -1.98. The fraction of sp³-hybridized carbons (Fsp3) is 0.0833. The van der Waals surface area contributed by atoms with E-state index in [2.05, 4.69) is 9.40 Å². The number of aromatic nitrogens is 1. The van der Waals surface area contributed by atoms with Gasteiger partial charge in [0.05, 0.1) is 10.9 Å². The van der Waals surface area contributed by atoms with E-state index in [-0.39, 0.29) is 6.42 Å². The van der Waals surface area contributed by atoms with E-state index in [4.69, 9.17) is 0 Å². The number of allylic oxidation sites excluding steroid dienone is 1. The summed E-state index contributed by atoms with van der Waals surface area (Å²) in [6, 6.07) is 5.03. The standard InChI is InChI=1S/C12H9NO4/c14-7-2-1-4-8-5-3-6-9-10(8)11(15)17-12(16)13-9/h1,3-7H,2H2,(H,13,16). The summed E-state index contributed by atoms with van der Waals surface area (Å²) in [6.07, 6.45) is 4.30. The molecule has 0 bridgehead atoms. The number of fused-ring (bicyclic) bond motifs is 1. The number of carbonyl (C=O) groups is 1. The van der Waals surface area contributed by atoms with Crippen molar-refractivity contribution in [3.63, 3.8) is 0 Å². The van der Waals surface area contributed by atoms with Crippen LogP contribution in [0, 0.1) is 0 Å². The van der Waals surface area contributed by atoms with Gasteiger partial charge in [0.2, 0.25) is 0 Å². The molecule has 86 valence electrons. The van der Waals surface area contributed by atoms with Gasteiger partial charge in [0.15, 0.2) is 0 Å². The highest BCUT2D eigenvalue weighted by atomic mass is 16.4. The minimum Gasteiger partial charge on any atom is -0.372 e. The first-order valence-corrected chi connectivity index (χ1v) is 4.98. The Morgan fingerprint density at radius 1 is 1.29 bits per heavy atom. The predicted octanol–water partition coefficient (Wildman–Crippen LogP) is 1.08. The molecule has 0 spiro atoms. The molecule has 1 N–H and O–H groups in total. The molecule has 0 aliphatic heterocycles. The summed E-state index contributed by atoms with van der Waals surface area (Å²) >= 11 is 0. The predicted molar refractivity (Wildman–Crippen MR) is 62.8 cm³/mol. The highest BCUT2D eigenvalue weighted by Gasteiger charge is 2.05. The van der Waals surface area contributed by atoms with Crippen molar-refractivity contribution in [2.45, 2.75) is 6.42 Å². The van der Waals surface area contributed by atoms with Gasteiger partial charge in [-0.1, -0.05) is 24.3 Å². The van der Waals surface area contributed by atoms with Gasteiger partial charge in [-0.25, -0.2) is 9.59 Å². The van der Waals surface area contributed by atoms with E-state index < -0.39 is 11.4 Å². The molecule has 0 aliphatic carbocycles. The van der Waals surface area contributed by atoms with Gasteiger partial charge in [-0.3, -0.25) is 4.98 Å². The molecule has 0 unspecified atom stereocenters. The van der Waals surface area contributed by atoms with Crippen molar-refractivity contribution < 1.29 is 9.21 Å². The summed E-state index contributed by atoms with van der Waals surface area (Å²) in [6.45, 7) is 0. The van der Waals surface area contributed by atoms with Crippen LogP contribution in [0.2, 0.25) is 0 Å². The number of rotatable bonds is 3. The second kappa shape index (κ2) is 4.61. The van der Waals surface area contributed by atoms with Crippen molar-refractivity contribution >= 4 is 23.3 Å². The quantitative estimate of drug-likeness (QED) is 0.801. The van der Waals surface area contributed by atoms with Gasteiger partial charge in [0.1, 0.15) is 6.29 Å². The van der Waals surface area contributed by atoms with Crippen LogP contribution in [0.4, 0.5) is 0 Å². The molecular formula is C12H9NO4. The smallest absolute Gasteiger partial charge is 0.372 e. The maximum absolute atomic E-state index is 11.6. The molecule has 2 aromatic rings. The number of aromatic amines is 1.